The molecule has 1 aromatic carbocycles. The number of likely N-dealkylation sites (tertiary alicyclic amines) is 1. The minimum atomic E-state index is -4.50. The Kier molecular flexibility index (Phi) is 4.70. The van der Waals surface area contributed by atoms with E-state index in [9.17, 15) is 26.4 Å². The number of rotatable bonds is 4. The molecule has 2 aromatic rings. The Hall–Kier alpha value is -2.49. The van der Waals surface area contributed by atoms with Crippen LogP contribution < -0.4 is 4.72 Å². The number of alkyl halides is 3. The van der Waals surface area contributed by atoms with E-state index in [-0.39, 0.29) is 22.2 Å². The zero-order valence-electron chi connectivity index (χ0n) is 13.5. The Balaban J connectivity index is 1.75. The lowest BCUT2D eigenvalue weighted by atomic mass is 10.2. The van der Waals surface area contributed by atoms with Crippen molar-refractivity contribution in [2.75, 3.05) is 17.8 Å². The maximum absolute atomic E-state index is 12.6. The van der Waals surface area contributed by atoms with Crippen LogP contribution in [-0.2, 0) is 16.2 Å². The lowest BCUT2D eigenvalue weighted by Crippen LogP contribution is -2.27. The molecule has 0 atom stereocenters. The van der Waals surface area contributed by atoms with E-state index in [1.54, 1.807) is 4.90 Å². The number of hydrogen-bond donors (Lipinski definition) is 2. The molecule has 1 saturated heterocycles. The van der Waals surface area contributed by atoms with Gasteiger partial charge in [-0.05, 0) is 43.2 Å². The molecule has 26 heavy (non-hydrogen) atoms. The molecule has 0 spiro atoms. The molecular formula is C16H16F3N3O3S. The Morgan fingerprint density at radius 1 is 1.12 bits per heavy atom. The van der Waals surface area contributed by atoms with Gasteiger partial charge in [0.1, 0.15) is 10.6 Å². The quantitative estimate of drug-likeness (QED) is 0.846. The van der Waals surface area contributed by atoms with Crippen LogP contribution >= 0.6 is 0 Å². The smallest absolute Gasteiger partial charge is 0.356 e. The van der Waals surface area contributed by atoms with Crippen molar-refractivity contribution in [3.63, 3.8) is 0 Å². The summed E-state index contributed by atoms with van der Waals surface area (Å²) in [7, 11) is -4.03. The standard InChI is InChI=1S/C16H16F3N3O3S/c17-16(18,19)11-3-5-12(6-4-11)21-26(24,25)13-9-14(20-10-13)15(23)22-7-1-2-8-22/h3-6,9-10,20-21H,1-2,7-8H2. The Bertz CT molecular complexity index is 899. The maximum Gasteiger partial charge on any atom is 0.416 e. The molecule has 0 bridgehead atoms. The summed E-state index contributed by atoms with van der Waals surface area (Å²) in [5, 5.41) is 0. The number of sulfonamides is 1. The van der Waals surface area contributed by atoms with Crippen molar-refractivity contribution >= 4 is 21.6 Å². The van der Waals surface area contributed by atoms with Crippen molar-refractivity contribution in [2.45, 2.75) is 23.9 Å². The topological polar surface area (TPSA) is 82.3 Å². The third kappa shape index (κ3) is 3.85. The second-order valence-corrected chi connectivity index (χ2v) is 7.61. The van der Waals surface area contributed by atoms with Gasteiger partial charge in [-0.1, -0.05) is 0 Å². The highest BCUT2D eigenvalue weighted by Crippen LogP contribution is 2.30. The van der Waals surface area contributed by atoms with Gasteiger partial charge in [-0.15, -0.1) is 0 Å². The fourth-order valence-corrected chi connectivity index (χ4v) is 3.74. The van der Waals surface area contributed by atoms with E-state index in [2.05, 4.69) is 9.71 Å². The molecule has 1 aliphatic heterocycles. The average molecular weight is 387 g/mol. The molecule has 6 nitrogen and oxygen atoms in total. The van der Waals surface area contributed by atoms with Gasteiger partial charge >= 0.3 is 6.18 Å². The summed E-state index contributed by atoms with van der Waals surface area (Å²) < 4.78 is 64.6. The molecule has 1 aromatic heterocycles. The van der Waals surface area contributed by atoms with Gasteiger partial charge in [-0.3, -0.25) is 9.52 Å². The number of H-pyrrole nitrogens is 1. The van der Waals surface area contributed by atoms with Gasteiger partial charge in [-0.25, -0.2) is 8.42 Å². The van der Waals surface area contributed by atoms with Crippen LogP contribution in [0.2, 0.25) is 0 Å². The van der Waals surface area contributed by atoms with Crippen molar-refractivity contribution in [3.8, 4) is 0 Å². The first-order valence-electron chi connectivity index (χ1n) is 7.84. The first-order chi connectivity index (χ1) is 12.2. The lowest BCUT2D eigenvalue weighted by Gasteiger charge is -2.13. The average Bonchev–Trinajstić information content (AvgIpc) is 3.26. The first-order valence-corrected chi connectivity index (χ1v) is 9.33. The molecule has 1 aliphatic rings. The second kappa shape index (κ2) is 6.67. The molecule has 0 saturated carbocycles. The van der Waals surface area contributed by atoms with Gasteiger partial charge in [0.05, 0.1) is 5.56 Å². The molecule has 2 N–H and O–H groups in total. The minimum absolute atomic E-state index is 0.00776. The number of halogens is 3. The van der Waals surface area contributed by atoms with E-state index in [0.717, 1.165) is 37.1 Å². The van der Waals surface area contributed by atoms with E-state index in [1.165, 1.54) is 12.3 Å². The van der Waals surface area contributed by atoms with Crippen LogP contribution in [0.5, 0.6) is 0 Å². The summed E-state index contributed by atoms with van der Waals surface area (Å²) in [5.74, 6) is -0.279. The summed E-state index contributed by atoms with van der Waals surface area (Å²) in [4.78, 5) is 16.4. The summed E-state index contributed by atoms with van der Waals surface area (Å²) >= 11 is 0. The summed E-state index contributed by atoms with van der Waals surface area (Å²) in [5.41, 5.74) is -0.730. The summed E-state index contributed by atoms with van der Waals surface area (Å²) in [6, 6.07) is 4.86. The maximum atomic E-state index is 12.6. The highest BCUT2D eigenvalue weighted by molar-refractivity contribution is 7.92. The lowest BCUT2D eigenvalue weighted by molar-refractivity contribution is -0.137. The third-order valence-corrected chi connectivity index (χ3v) is 5.42. The monoisotopic (exact) mass is 387 g/mol. The van der Waals surface area contributed by atoms with Crippen LogP contribution in [0.3, 0.4) is 0 Å². The molecule has 0 radical (unpaired) electrons. The molecule has 1 fully saturated rings. The number of amides is 1. The van der Waals surface area contributed by atoms with Crippen LogP contribution in [0.1, 0.15) is 28.9 Å². The van der Waals surface area contributed by atoms with Crippen LogP contribution in [-0.4, -0.2) is 37.3 Å². The van der Waals surface area contributed by atoms with Gasteiger partial charge in [0.2, 0.25) is 0 Å². The number of benzene rings is 1. The van der Waals surface area contributed by atoms with Gasteiger partial charge in [0.25, 0.3) is 15.9 Å². The number of hydrogen-bond acceptors (Lipinski definition) is 3. The van der Waals surface area contributed by atoms with Crippen molar-refractivity contribution < 1.29 is 26.4 Å². The zero-order chi connectivity index (χ0) is 18.9. The predicted octanol–water partition coefficient (Wildman–Crippen LogP) is 3.07. The van der Waals surface area contributed by atoms with Crippen molar-refractivity contribution in [1.29, 1.82) is 0 Å². The fourth-order valence-electron chi connectivity index (χ4n) is 2.68. The number of aromatic amines is 1. The predicted molar refractivity (Wildman–Crippen MR) is 88.2 cm³/mol. The van der Waals surface area contributed by atoms with Gasteiger partial charge in [0, 0.05) is 25.0 Å². The van der Waals surface area contributed by atoms with Crippen molar-refractivity contribution in [3.05, 3.63) is 47.8 Å². The molecule has 1 amide bonds. The Morgan fingerprint density at radius 2 is 1.73 bits per heavy atom. The summed E-state index contributed by atoms with van der Waals surface area (Å²) in [6.45, 7) is 1.26. The van der Waals surface area contributed by atoms with E-state index >= 15 is 0 Å². The molecule has 10 heteroatoms. The summed E-state index contributed by atoms with van der Waals surface area (Å²) in [6.07, 6.45) is -1.50. The second-order valence-electron chi connectivity index (χ2n) is 5.93. The molecular weight excluding hydrogens is 371 g/mol. The molecule has 2 heterocycles. The van der Waals surface area contributed by atoms with Gasteiger partial charge in [0.15, 0.2) is 0 Å². The highest BCUT2D eigenvalue weighted by Gasteiger charge is 2.30. The normalized spacial score (nSPS) is 15.3. The Morgan fingerprint density at radius 3 is 2.31 bits per heavy atom. The van der Waals surface area contributed by atoms with E-state index in [4.69, 9.17) is 0 Å². The van der Waals surface area contributed by atoms with E-state index < -0.39 is 21.8 Å². The first kappa shape index (κ1) is 18.3. The SMILES string of the molecule is O=C(c1cc(S(=O)(=O)Nc2ccc(C(F)(F)F)cc2)c[nH]1)N1CCCC1. The van der Waals surface area contributed by atoms with E-state index in [0.29, 0.717) is 13.1 Å². The molecule has 0 aliphatic carbocycles. The highest BCUT2D eigenvalue weighted by atomic mass is 32.2. The fraction of sp³-hybridized carbons (Fsp3) is 0.312. The molecule has 3 rings (SSSR count). The number of anilines is 1. The third-order valence-electron chi connectivity index (χ3n) is 4.05. The number of aromatic nitrogens is 1. The van der Waals surface area contributed by atoms with Crippen molar-refractivity contribution in [2.24, 2.45) is 0 Å². The van der Waals surface area contributed by atoms with Gasteiger partial charge < -0.3 is 9.88 Å². The van der Waals surface area contributed by atoms with Crippen LogP contribution in [0.15, 0.2) is 41.4 Å². The van der Waals surface area contributed by atoms with Crippen LogP contribution in [0, 0.1) is 0 Å². The van der Waals surface area contributed by atoms with E-state index in [1.807, 2.05) is 0 Å². The van der Waals surface area contributed by atoms with Crippen LogP contribution in [0.25, 0.3) is 0 Å². The largest absolute Gasteiger partial charge is 0.416 e. The minimum Gasteiger partial charge on any atom is -0.356 e. The van der Waals surface area contributed by atoms with Crippen LogP contribution in [0.4, 0.5) is 18.9 Å². The number of nitrogens with zero attached hydrogens (tertiary/aromatic N) is 1. The zero-order valence-corrected chi connectivity index (χ0v) is 14.3. The number of nitrogens with one attached hydrogen (secondary N) is 2. The van der Waals surface area contributed by atoms with Crippen molar-refractivity contribution in [1.82, 2.24) is 9.88 Å². The Labute approximate surface area is 148 Å². The van der Waals surface area contributed by atoms with Gasteiger partial charge in [-0.2, -0.15) is 13.2 Å². The number of carbonyl (C=O) groups is 1. The molecule has 140 valence electrons. The number of carbonyl (C=O) groups excluding carboxylic acids is 1. The molecule has 0 unspecified atom stereocenters.